The van der Waals surface area contributed by atoms with Crippen LogP contribution in [-0.4, -0.2) is 99.7 Å². The Labute approximate surface area is 465 Å². The van der Waals surface area contributed by atoms with Gasteiger partial charge >= 0.3 is 11.9 Å². The number of nitrogens with one attached hydrogen (secondary N) is 3. The van der Waals surface area contributed by atoms with Crippen LogP contribution in [0.3, 0.4) is 0 Å². The van der Waals surface area contributed by atoms with E-state index in [1.165, 1.54) is 55.5 Å². The van der Waals surface area contributed by atoms with Crippen LogP contribution in [0, 0.1) is 29.6 Å². The van der Waals surface area contributed by atoms with E-state index >= 15 is 0 Å². The fourth-order valence-corrected chi connectivity index (χ4v) is 10.1. The third-order valence-corrected chi connectivity index (χ3v) is 15.3. The highest BCUT2D eigenvalue weighted by atomic mass is 32.2. The van der Waals surface area contributed by atoms with Crippen molar-refractivity contribution in [2.75, 3.05) is 16.0 Å². The van der Waals surface area contributed by atoms with Crippen molar-refractivity contribution in [2.24, 2.45) is 20.5 Å². The summed E-state index contributed by atoms with van der Waals surface area (Å²) in [5.41, 5.74) is -1.52. The largest absolute Gasteiger partial charge is 0.478 e. The fraction of sp³-hybridized carbons (Fsp3) is 0.0213. The van der Waals surface area contributed by atoms with Crippen LogP contribution in [-0.2, 0) is 40.5 Å². The summed E-state index contributed by atoms with van der Waals surface area (Å²) in [6.45, 7) is 1.46. The Hall–Kier alpha value is -10.1. The number of carboxylic acid groups (broad SMARTS) is 2. The van der Waals surface area contributed by atoms with Crippen molar-refractivity contribution in [3.63, 3.8) is 0 Å². The summed E-state index contributed by atoms with van der Waals surface area (Å²) < 4.78 is 134. The second-order valence-corrected chi connectivity index (χ2v) is 23.2. The molecule has 1 amide bonds. The van der Waals surface area contributed by atoms with E-state index in [1.807, 2.05) is 12.1 Å². The predicted octanol–water partition coefficient (Wildman–Crippen LogP) is 8.40. The smallest absolute Gasteiger partial charge is 0.335 e. The Balaban J connectivity index is 1.24. The topological polar surface area (TPSA) is 486 Å². The zero-order chi connectivity index (χ0) is 59.6. The lowest BCUT2D eigenvalue weighted by molar-refractivity contribution is 0.0696. The van der Waals surface area contributed by atoms with E-state index in [9.17, 15) is 87.0 Å². The van der Waals surface area contributed by atoms with Crippen LogP contribution in [0.25, 0.3) is 16.9 Å². The lowest BCUT2D eigenvalue weighted by Gasteiger charge is -2.16. The molecule has 35 heteroatoms. The molecule has 0 atom stereocenters. The summed E-state index contributed by atoms with van der Waals surface area (Å²) in [7, 11) is -19.4. The van der Waals surface area contributed by atoms with Gasteiger partial charge in [-0.15, -0.1) is 20.5 Å². The molecule has 0 unspecified atom stereocenters. The molecule has 8 aromatic rings. The average molecular weight is 1210 g/mol. The molecule has 0 aliphatic carbocycles. The van der Waals surface area contributed by atoms with Crippen molar-refractivity contribution in [3.8, 4) is 29.1 Å². The standard InChI is InChI=1S/C47H31N13O17S5/c1-23-37(21-49)40(51-29-6-10-33(11-7-29)79(66,67)68)55-41(52-30-8-12-34(13-9-30)80(69,70)71)38(23)56-59-47-54-39(24-2-4-31(5-3-24)53-43(61)25-17-35(81(72,73)74)19-36(18-25)82(75,76)77)44(78-47)58-57-42-28(20-48)22-50-60(42)32-15-26(45(62)63)14-27(16-32)46(64)65/h2-19,22H,1H3,(H,53,61)(H,62,63)(H,64,65)(H2,51,52,55)(H,66,67,68)(H,69,70,71)(H,72,73,74)(H,75,76,77)/b58-57-,59-56?. The molecule has 8 rings (SSSR count). The SMILES string of the molecule is Cc1c(C#N)c(Nc2ccc(S(=O)(=O)O)cc2)nc(Nc2ccc(S(=O)(=O)O)cc2)c1N=Nc1nc(-c2ccc(NC(=O)c3cc(S(=O)(=O)O)cc(S(=O)(=O)O)c3)cc2)c(/N=N\c2c(C#N)cnn2-c2cc(C(=O)O)cc(C(=O)O)c2)s1. The lowest BCUT2D eigenvalue weighted by atomic mass is 10.1. The lowest BCUT2D eigenvalue weighted by Crippen LogP contribution is -2.14. The number of carbonyl (C=O) groups excluding carboxylic acids is 1. The number of carbonyl (C=O) groups is 3. The maximum atomic E-state index is 13.3. The number of amides is 1. The van der Waals surface area contributed by atoms with Crippen molar-refractivity contribution in [2.45, 2.75) is 26.5 Å². The summed E-state index contributed by atoms with van der Waals surface area (Å²) >= 11 is 0.711. The van der Waals surface area contributed by atoms with Gasteiger partial charge < -0.3 is 26.2 Å². The zero-order valence-electron chi connectivity index (χ0n) is 40.7. The minimum Gasteiger partial charge on any atom is -0.478 e. The van der Waals surface area contributed by atoms with Gasteiger partial charge in [-0.3, -0.25) is 23.0 Å². The molecule has 0 saturated heterocycles. The molecule has 416 valence electrons. The van der Waals surface area contributed by atoms with Crippen LogP contribution < -0.4 is 16.0 Å². The summed E-state index contributed by atoms with van der Waals surface area (Å²) in [5, 5.41) is 69.3. The summed E-state index contributed by atoms with van der Waals surface area (Å²) in [5.74, 6) is -4.67. The van der Waals surface area contributed by atoms with Gasteiger partial charge in [0.05, 0.1) is 48.2 Å². The Morgan fingerprint density at radius 1 is 0.585 bits per heavy atom. The number of nitrogens with zero attached hydrogens (tertiary/aromatic N) is 10. The number of hydrogen-bond donors (Lipinski definition) is 9. The number of anilines is 5. The number of aromatic carboxylic acids is 2. The molecule has 0 aliphatic rings. The Morgan fingerprint density at radius 2 is 1.10 bits per heavy atom. The molecular formula is C47H31N13O17S5. The first-order valence-electron chi connectivity index (χ1n) is 22.1. The molecule has 3 heterocycles. The number of thiazole rings is 1. The molecule has 30 nitrogen and oxygen atoms in total. The Morgan fingerprint density at radius 3 is 1.59 bits per heavy atom. The summed E-state index contributed by atoms with van der Waals surface area (Å²) in [6.07, 6.45) is 1.05. The summed E-state index contributed by atoms with van der Waals surface area (Å²) in [6, 6.07) is 23.4. The van der Waals surface area contributed by atoms with E-state index < -0.39 is 94.6 Å². The van der Waals surface area contributed by atoms with E-state index in [2.05, 4.69) is 51.5 Å². The normalized spacial score (nSPS) is 12.0. The zero-order valence-corrected chi connectivity index (χ0v) is 44.7. The van der Waals surface area contributed by atoms with Gasteiger partial charge in [-0.25, -0.2) is 24.2 Å². The molecule has 0 fully saturated rings. The highest BCUT2D eigenvalue weighted by molar-refractivity contribution is 7.87. The van der Waals surface area contributed by atoms with Gasteiger partial charge in [-0.1, -0.05) is 23.5 Å². The van der Waals surface area contributed by atoms with Gasteiger partial charge in [0.25, 0.3) is 46.4 Å². The van der Waals surface area contributed by atoms with Gasteiger partial charge in [0, 0.05) is 33.8 Å². The maximum Gasteiger partial charge on any atom is 0.335 e. The van der Waals surface area contributed by atoms with Crippen LogP contribution in [0.2, 0.25) is 0 Å². The van der Waals surface area contributed by atoms with E-state index in [0.717, 1.165) is 53.3 Å². The quantitative estimate of drug-likeness (QED) is 0.0287. The number of carboxylic acids is 2. The van der Waals surface area contributed by atoms with Crippen molar-refractivity contribution in [1.29, 1.82) is 10.5 Å². The first kappa shape index (κ1) is 58.1. The second-order valence-electron chi connectivity index (χ2n) is 16.5. The number of nitriles is 2. The molecule has 0 spiro atoms. The van der Waals surface area contributed by atoms with Crippen LogP contribution >= 0.6 is 11.3 Å². The van der Waals surface area contributed by atoms with E-state index in [-0.39, 0.29) is 84.0 Å². The molecular weight excluding hydrogens is 1180 g/mol. The monoisotopic (exact) mass is 1210 g/mol. The van der Waals surface area contributed by atoms with Gasteiger partial charge in [0.15, 0.2) is 22.5 Å². The summed E-state index contributed by atoms with van der Waals surface area (Å²) in [4.78, 5) is 43.5. The molecule has 3 aromatic heterocycles. The molecule has 82 heavy (non-hydrogen) atoms. The maximum absolute atomic E-state index is 13.3. The average Bonchev–Trinajstić information content (AvgIpc) is 3.84. The molecule has 9 N–H and O–H groups in total. The minimum atomic E-state index is -5.09. The van der Waals surface area contributed by atoms with E-state index in [4.69, 9.17) is 0 Å². The number of hydrogen-bond acceptors (Lipinski definition) is 23. The molecule has 0 bridgehead atoms. The second kappa shape index (κ2) is 22.6. The molecule has 5 aromatic carbocycles. The van der Waals surface area contributed by atoms with Gasteiger partial charge in [-0.05, 0) is 104 Å². The third kappa shape index (κ3) is 13.2. The van der Waals surface area contributed by atoms with Crippen LogP contribution in [0.5, 0.6) is 0 Å². The molecule has 0 aliphatic heterocycles. The predicted molar refractivity (Wildman–Crippen MR) is 285 cm³/mol. The Kier molecular flexibility index (Phi) is 16.0. The molecule has 0 saturated carbocycles. The van der Waals surface area contributed by atoms with Crippen LogP contribution in [0.1, 0.15) is 47.8 Å². The Bertz CT molecular complexity index is 4510. The highest BCUT2D eigenvalue weighted by Crippen LogP contribution is 2.43. The first-order chi connectivity index (χ1) is 38.5. The van der Waals surface area contributed by atoms with Crippen LogP contribution in [0.15, 0.2) is 155 Å². The number of azo groups is 2. The van der Waals surface area contributed by atoms with Crippen molar-refractivity contribution < 1.29 is 76.5 Å². The van der Waals surface area contributed by atoms with Crippen molar-refractivity contribution in [3.05, 3.63) is 149 Å². The van der Waals surface area contributed by atoms with Gasteiger partial charge in [0.2, 0.25) is 5.13 Å². The van der Waals surface area contributed by atoms with Crippen molar-refractivity contribution >= 4 is 120 Å². The fourth-order valence-electron chi connectivity index (χ4n) is 7.21. The van der Waals surface area contributed by atoms with Crippen molar-refractivity contribution in [1.82, 2.24) is 19.7 Å². The number of pyridine rings is 1. The first-order valence-corrected chi connectivity index (χ1v) is 28.7. The number of rotatable bonds is 18. The van der Waals surface area contributed by atoms with Gasteiger partial charge in [-0.2, -0.15) is 49.3 Å². The van der Waals surface area contributed by atoms with Gasteiger partial charge in [0.1, 0.15) is 29.1 Å². The minimum absolute atomic E-state index is 0.00148. The van der Waals surface area contributed by atoms with Crippen LogP contribution in [0.4, 0.5) is 50.3 Å². The van der Waals surface area contributed by atoms with E-state index in [0.29, 0.717) is 29.5 Å². The third-order valence-electron chi connectivity index (χ3n) is 11.1. The van der Waals surface area contributed by atoms with E-state index in [1.54, 1.807) is 0 Å². The number of aromatic nitrogens is 4. The molecule has 0 radical (unpaired) electrons. The number of benzene rings is 5. The highest BCUT2D eigenvalue weighted by Gasteiger charge is 2.24.